The van der Waals surface area contributed by atoms with Crippen LogP contribution in [0, 0.1) is 0 Å². The highest BCUT2D eigenvalue weighted by molar-refractivity contribution is 5.97. The zero-order chi connectivity index (χ0) is 40.3. The molecule has 0 bridgehead atoms. The van der Waals surface area contributed by atoms with Gasteiger partial charge in [0.15, 0.2) is 17.5 Å². The molecule has 61 heavy (non-hydrogen) atoms. The molecule has 0 saturated heterocycles. The molecule has 2 aliphatic carbocycles. The fourth-order valence-corrected chi connectivity index (χ4v) is 9.70. The molecule has 5 nitrogen and oxygen atoms in total. The molecule has 3 heterocycles. The van der Waals surface area contributed by atoms with Crippen LogP contribution < -0.4 is 0 Å². The monoisotopic (exact) mass is 777 g/mol. The SMILES string of the molecule is c1ccc(-c2nc(-c3cc(-c4cccnc4)cc(-c4cccnc4)c3)nc(-c3ccc4c(c3)-c3ccccc3C43c4ccccc4-c4ccccc4-c4ccccc43)n2)cc1. The van der Waals surface area contributed by atoms with Crippen molar-refractivity contribution in [1.29, 1.82) is 0 Å². The molecule has 12 rings (SSSR count). The van der Waals surface area contributed by atoms with Crippen molar-refractivity contribution in [3.63, 3.8) is 0 Å². The summed E-state index contributed by atoms with van der Waals surface area (Å²) in [5.41, 5.74) is 18.6. The van der Waals surface area contributed by atoms with E-state index in [0.717, 1.165) is 38.9 Å². The molecule has 2 aliphatic rings. The van der Waals surface area contributed by atoms with Crippen LogP contribution in [0.5, 0.6) is 0 Å². The van der Waals surface area contributed by atoms with E-state index in [2.05, 4.69) is 168 Å². The smallest absolute Gasteiger partial charge is 0.164 e. The van der Waals surface area contributed by atoms with E-state index in [1.165, 1.54) is 55.6 Å². The van der Waals surface area contributed by atoms with E-state index in [9.17, 15) is 0 Å². The number of aromatic nitrogens is 5. The Kier molecular flexibility index (Phi) is 8.00. The fourth-order valence-electron chi connectivity index (χ4n) is 9.70. The second kappa shape index (κ2) is 14.0. The number of rotatable bonds is 5. The first-order valence-electron chi connectivity index (χ1n) is 20.6. The Bertz CT molecular complexity index is 3180. The fraction of sp³-hybridized carbons (Fsp3) is 0.0179. The summed E-state index contributed by atoms with van der Waals surface area (Å²) in [7, 11) is 0. The maximum absolute atomic E-state index is 5.31. The largest absolute Gasteiger partial charge is 0.264 e. The molecule has 0 atom stereocenters. The van der Waals surface area contributed by atoms with Crippen LogP contribution in [0.4, 0.5) is 0 Å². The number of fused-ring (bicyclic) bond motifs is 12. The Morgan fingerprint density at radius 3 is 1.20 bits per heavy atom. The van der Waals surface area contributed by atoms with Gasteiger partial charge in [0, 0.05) is 52.6 Å². The van der Waals surface area contributed by atoms with Crippen molar-refractivity contribution in [2.75, 3.05) is 0 Å². The van der Waals surface area contributed by atoms with Crippen LogP contribution in [0.25, 0.3) is 89.8 Å². The topological polar surface area (TPSA) is 64.5 Å². The quantitative estimate of drug-likeness (QED) is 0.174. The number of benzene rings is 7. The summed E-state index contributed by atoms with van der Waals surface area (Å²) in [4.78, 5) is 24.6. The molecule has 10 aromatic rings. The lowest BCUT2D eigenvalue weighted by Gasteiger charge is -2.35. The summed E-state index contributed by atoms with van der Waals surface area (Å²) < 4.78 is 0. The minimum absolute atomic E-state index is 0.564. The van der Waals surface area contributed by atoms with Gasteiger partial charge in [-0.3, -0.25) is 9.97 Å². The Hall–Kier alpha value is -8.15. The van der Waals surface area contributed by atoms with E-state index in [1.807, 2.05) is 42.7 Å². The molecule has 0 fully saturated rings. The molecule has 1 spiro atoms. The average molecular weight is 778 g/mol. The van der Waals surface area contributed by atoms with Gasteiger partial charge in [-0.1, -0.05) is 152 Å². The highest BCUT2D eigenvalue weighted by Gasteiger charge is 2.49. The Labute approximate surface area is 353 Å². The van der Waals surface area contributed by atoms with Gasteiger partial charge < -0.3 is 0 Å². The predicted molar refractivity (Wildman–Crippen MR) is 244 cm³/mol. The van der Waals surface area contributed by atoms with Crippen LogP contribution in [0.1, 0.15) is 22.3 Å². The Morgan fingerprint density at radius 1 is 0.262 bits per heavy atom. The molecule has 7 aromatic carbocycles. The van der Waals surface area contributed by atoms with E-state index in [0.29, 0.717) is 17.5 Å². The summed E-state index contributed by atoms with van der Waals surface area (Å²) in [6, 6.07) is 67.2. The first-order valence-corrected chi connectivity index (χ1v) is 20.6. The van der Waals surface area contributed by atoms with Crippen LogP contribution in [0.2, 0.25) is 0 Å². The molecular weight excluding hydrogens is 743 g/mol. The van der Waals surface area contributed by atoms with Gasteiger partial charge >= 0.3 is 0 Å². The van der Waals surface area contributed by atoms with E-state index >= 15 is 0 Å². The van der Waals surface area contributed by atoms with Crippen molar-refractivity contribution in [2.24, 2.45) is 0 Å². The predicted octanol–water partition coefficient (Wildman–Crippen LogP) is 13.0. The van der Waals surface area contributed by atoms with Crippen molar-refractivity contribution in [1.82, 2.24) is 24.9 Å². The molecule has 0 saturated carbocycles. The van der Waals surface area contributed by atoms with Crippen LogP contribution in [-0.4, -0.2) is 24.9 Å². The zero-order valence-corrected chi connectivity index (χ0v) is 32.9. The third-order valence-corrected chi connectivity index (χ3v) is 12.3. The van der Waals surface area contributed by atoms with Gasteiger partial charge in [0.1, 0.15) is 0 Å². The van der Waals surface area contributed by atoms with E-state index in [-0.39, 0.29) is 0 Å². The van der Waals surface area contributed by atoms with Crippen LogP contribution >= 0.6 is 0 Å². The molecule has 0 radical (unpaired) electrons. The molecule has 0 unspecified atom stereocenters. The van der Waals surface area contributed by atoms with E-state index in [4.69, 9.17) is 15.0 Å². The summed E-state index contributed by atoms with van der Waals surface area (Å²) in [6.07, 6.45) is 7.37. The minimum atomic E-state index is -0.564. The standard InChI is InChI=1S/C56H35N5/c1-2-14-36(15-3-1)53-59-54(61-55(60-53)42-31-40(38-16-12-28-57-34-38)30-41(32-42)39-17-13-29-58-35-39)37-26-27-52-48(33-37)47-22-8-11-25-51(47)56(52)49-23-9-6-20-45(49)43-18-4-5-19-44(43)46-21-7-10-24-50(46)56/h1-35H. The first kappa shape index (κ1) is 34.9. The number of pyridine rings is 2. The Morgan fingerprint density at radius 2 is 0.672 bits per heavy atom. The van der Waals surface area contributed by atoms with Crippen molar-refractivity contribution >= 4 is 0 Å². The molecular formula is C56H35N5. The molecule has 5 heteroatoms. The van der Waals surface area contributed by atoms with E-state index < -0.39 is 5.41 Å². The van der Waals surface area contributed by atoms with Gasteiger partial charge in [-0.15, -0.1) is 0 Å². The normalized spacial score (nSPS) is 12.7. The Balaban J connectivity index is 1.10. The van der Waals surface area contributed by atoms with Crippen LogP contribution in [0.3, 0.4) is 0 Å². The highest BCUT2D eigenvalue weighted by Crippen LogP contribution is 2.61. The van der Waals surface area contributed by atoms with Crippen molar-refractivity contribution in [2.45, 2.75) is 5.41 Å². The van der Waals surface area contributed by atoms with Gasteiger partial charge in [0.2, 0.25) is 0 Å². The maximum atomic E-state index is 5.31. The summed E-state index contributed by atoms with van der Waals surface area (Å²) in [5.74, 6) is 1.80. The van der Waals surface area contributed by atoms with Gasteiger partial charge in [-0.25, -0.2) is 15.0 Å². The lowest BCUT2D eigenvalue weighted by atomic mass is 9.66. The van der Waals surface area contributed by atoms with Gasteiger partial charge in [-0.2, -0.15) is 0 Å². The van der Waals surface area contributed by atoms with Crippen LogP contribution in [0.15, 0.2) is 213 Å². The third-order valence-electron chi connectivity index (χ3n) is 12.3. The van der Waals surface area contributed by atoms with Gasteiger partial charge in [0.05, 0.1) is 5.41 Å². The lowest BCUT2D eigenvalue weighted by molar-refractivity contribution is 0.775. The van der Waals surface area contributed by atoms with Crippen molar-refractivity contribution in [3.05, 3.63) is 235 Å². The van der Waals surface area contributed by atoms with Crippen LogP contribution in [-0.2, 0) is 5.41 Å². The second-order valence-electron chi connectivity index (χ2n) is 15.6. The lowest BCUT2D eigenvalue weighted by Crippen LogP contribution is -2.29. The highest BCUT2D eigenvalue weighted by atomic mass is 15.0. The molecule has 0 aliphatic heterocycles. The minimum Gasteiger partial charge on any atom is -0.264 e. The molecule has 284 valence electrons. The summed E-state index contributed by atoms with van der Waals surface area (Å²) in [5, 5.41) is 0. The van der Waals surface area contributed by atoms with E-state index in [1.54, 1.807) is 12.4 Å². The second-order valence-corrected chi connectivity index (χ2v) is 15.6. The summed E-state index contributed by atoms with van der Waals surface area (Å²) >= 11 is 0. The zero-order valence-electron chi connectivity index (χ0n) is 32.9. The molecule has 0 amide bonds. The van der Waals surface area contributed by atoms with Gasteiger partial charge in [-0.05, 0) is 103 Å². The average Bonchev–Trinajstić information content (AvgIpc) is 3.58. The van der Waals surface area contributed by atoms with Gasteiger partial charge in [0.25, 0.3) is 0 Å². The molecule has 0 N–H and O–H groups in total. The number of nitrogens with zero attached hydrogens (tertiary/aromatic N) is 5. The summed E-state index contributed by atoms with van der Waals surface area (Å²) in [6.45, 7) is 0. The molecule has 3 aromatic heterocycles. The number of hydrogen-bond donors (Lipinski definition) is 0. The first-order chi connectivity index (χ1) is 30.2. The van der Waals surface area contributed by atoms with Crippen molar-refractivity contribution in [3.8, 4) is 89.8 Å². The maximum Gasteiger partial charge on any atom is 0.164 e. The third kappa shape index (κ3) is 5.52. The van der Waals surface area contributed by atoms with Crippen molar-refractivity contribution < 1.29 is 0 Å². The number of hydrogen-bond acceptors (Lipinski definition) is 5.